The first-order valence-corrected chi connectivity index (χ1v) is 4.72. The molecule has 0 atom stereocenters. The first-order valence-electron chi connectivity index (χ1n) is 4.72. The van der Waals surface area contributed by atoms with E-state index in [1.807, 2.05) is 36.5 Å². The number of nitrogens with zero attached hydrogens (tertiary/aromatic N) is 2. The molecule has 0 amide bonds. The average Bonchev–Trinajstić information content (AvgIpc) is 2.30. The van der Waals surface area contributed by atoms with Crippen molar-refractivity contribution in [3.05, 3.63) is 53.9 Å². The first kappa shape index (κ1) is 9.42. The Balaban J connectivity index is 2.47. The molecule has 0 aliphatic rings. The van der Waals surface area contributed by atoms with Gasteiger partial charge in [-0.1, -0.05) is 12.1 Å². The Bertz CT molecular complexity index is 507. The zero-order valence-electron chi connectivity index (χ0n) is 8.44. The van der Waals surface area contributed by atoms with Crippen LogP contribution < -0.4 is 0 Å². The van der Waals surface area contributed by atoms with Gasteiger partial charge in [0.25, 0.3) is 0 Å². The third kappa shape index (κ3) is 1.87. The molecule has 1 aromatic carbocycles. The van der Waals surface area contributed by atoms with Gasteiger partial charge < -0.3 is 0 Å². The van der Waals surface area contributed by atoms with E-state index in [0.717, 1.165) is 11.1 Å². The van der Waals surface area contributed by atoms with Crippen LogP contribution in [0.2, 0.25) is 0 Å². The number of hydrogen-bond acceptors (Lipinski definition) is 2. The molecule has 0 radical (unpaired) electrons. The highest BCUT2D eigenvalue weighted by atomic mass is 14.6. The lowest BCUT2D eigenvalue weighted by molar-refractivity contribution is 1.29. The molecule has 2 rings (SSSR count). The number of nitriles is 1. The molecule has 0 fully saturated rings. The second-order valence-corrected chi connectivity index (χ2v) is 3.38. The van der Waals surface area contributed by atoms with E-state index in [-0.39, 0.29) is 0 Å². The van der Waals surface area contributed by atoms with Gasteiger partial charge in [0.15, 0.2) is 0 Å². The Hall–Kier alpha value is -2.14. The fraction of sp³-hybridized carbons (Fsp3) is 0.0769. The quantitative estimate of drug-likeness (QED) is 0.699. The van der Waals surface area contributed by atoms with Crippen LogP contribution in [0.25, 0.3) is 11.1 Å². The van der Waals surface area contributed by atoms with Crippen molar-refractivity contribution in [1.29, 1.82) is 5.26 Å². The van der Waals surface area contributed by atoms with Crippen molar-refractivity contribution >= 4 is 0 Å². The van der Waals surface area contributed by atoms with Crippen molar-refractivity contribution in [2.75, 3.05) is 0 Å². The van der Waals surface area contributed by atoms with Gasteiger partial charge in [0.2, 0.25) is 0 Å². The Morgan fingerprint density at radius 1 is 1.13 bits per heavy atom. The summed E-state index contributed by atoms with van der Waals surface area (Å²) in [6, 6.07) is 11.6. The summed E-state index contributed by atoms with van der Waals surface area (Å²) in [7, 11) is 0. The van der Waals surface area contributed by atoms with Gasteiger partial charge in [0.05, 0.1) is 11.6 Å². The number of hydrogen-bond donors (Lipinski definition) is 0. The minimum atomic E-state index is 0.681. The zero-order valence-corrected chi connectivity index (χ0v) is 8.44. The maximum absolute atomic E-state index is 8.69. The van der Waals surface area contributed by atoms with Crippen LogP contribution in [0.3, 0.4) is 0 Å². The zero-order chi connectivity index (χ0) is 10.7. The molecule has 0 saturated heterocycles. The fourth-order valence-corrected chi connectivity index (χ4v) is 1.49. The third-order valence-electron chi connectivity index (χ3n) is 2.36. The molecule has 1 aromatic heterocycles. The highest BCUT2D eigenvalue weighted by Gasteiger charge is 2.00. The number of rotatable bonds is 1. The first-order chi connectivity index (χ1) is 7.31. The van der Waals surface area contributed by atoms with E-state index in [0.29, 0.717) is 5.56 Å². The summed E-state index contributed by atoms with van der Waals surface area (Å²) in [6.07, 6.45) is 3.62. The van der Waals surface area contributed by atoms with Gasteiger partial charge in [0, 0.05) is 18.0 Å². The Morgan fingerprint density at radius 2 is 1.87 bits per heavy atom. The topological polar surface area (TPSA) is 36.7 Å². The van der Waals surface area contributed by atoms with Crippen LogP contribution in [0.5, 0.6) is 0 Å². The minimum absolute atomic E-state index is 0.681. The largest absolute Gasteiger partial charge is 0.264 e. The predicted molar refractivity (Wildman–Crippen MR) is 59.1 cm³/mol. The lowest BCUT2D eigenvalue weighted by Gasteiger charge is -2.04. The van der Waals surface area contributed by atoms with Gasteiger partial charge in [-0.2, -0.15) is 5.26 Å². The maximum Gasteiger partial charge on any atom is 0.0991 e. The van der Waals surface area contributed by atoms with Crippen LogP contribution in [0.4, 0.5) is 0 Å². The molecule has 72 valence electrons. The summed E-state index contributed by atoms with van der Waals surface area (Å²) in [5.74, 6) is 0. The van der Waals surface area contributed by atoms with Crippen molar-refractivity contribution in [2.24, 2.45) is 0 Å². The van der Waals surface area contributed by atoms with E-state index >= 15 is 0 Å². The van der Waals surface area contributed by atoms with E-state index in [2.05, 4.69) is 18.0 Å². The minimum Gasteiger partial charge on any atom is -0.264 e. The standard InChI is InChI=1S/C13H10N2/c1-10-6-7-15-9-13(10)12-4-2-11(8-14)3-5-12/h2-7,9H,1H3. The number of aryl methyl sites for hydroxylation is 1. The molecule has 2 nitrogen and oxygen atoms in total. The molecule has 0 bridgehead atoms. The maximum atomic E-state index is 8.69. The molecular formula is C13H10N2. The van der Waals surface area contributed by atoms with Gasteiger partial charge in [-0.15, -0.1) is 0 Å². The van der Waals surface area contributed by atoms with Crippen molar-refractivity contribution < 1.29 is 0 Å². The Kier molecular flexibility index (Phi) is 2.47. The summed E-state index contributed by atoms with van der Waals surface area (Å²) in [5, 5.41) is 8.69. The monoisotopic (exact) mass is 194 g/mol. The molecule has 0 aliphatic carbocycles. The van der Waals surface area contributed by atoms with E-state index < -0.39 is 0 Å². The van der Waals surface area contributed by atoms with Crippen molar-refractivity contribution in [2.45, 2.75) is 6.92 Å². The molecule has 0 aliphatic heterocycles. The molecule has 0 saturated carbocycles. The highest BCUT2D eigenvalue weighted by Crippen LogP contribution is 2.21. The van der Waals surface area contributed by atoms with Crippen molar-refractivity contribution in [3.8, 4) is 17.2 Å². The predicted octanol–water partition coefficient (Wildman–Crippen LogP) is 2.93. The Morgan fingerprint density at radius 3 is 2.47 bits per heavy atom. The molecule has 2 heteroatoms. The second-order valence-electron chi connectivity index (χ2n) is 3.38. The second kappa shape index (κ2) is 3.93. The number of benzene rings is 1. The van der Waals surface area contributed by atoms with E-state index in [1.165, 1.54) is 5.56 Å². The van der Waals surface area contributed by atoms with E-state index in [1.54, 1.807) is 6.20 Å². The summed E-state index contributed by atoms with van der Waals surface area (Å²) in [4.78, 5) is 4.10. The number of pyridine rings is 1. The highest BCUT2D eigenvalue weighted by molar-refractivity contribution is 5.66. The van der Waals surface area contributed by atoms with Crippen LogP contribution in [-0.2, 0) is 0 Å². The van der Waals surface area contributed by atoms with Crippen LogP contribution >= 0.6 is 0 Å². The van der Waals surface area contributed by atoms with E-state index in [9.17, 15) is 0 Å². The number of aromatic nitrogens is 1. The normalized spacial score (nSPS) is 9.60. The molecular weight excluding hydrogens is 184 g/mol. The van der Waals surface area contributed by atoms with Crippen LogP contribution in [0, 0.1) is 18.3 Å². The van der Waals surface area contributed by atoms with Gasteiger partial charge >= 0.3 is 0 Å². The molecule has 0 N–H and O–H groups in total. The molecule has 0 unspecified atom stereocenters. The third-order valence-corrected chi connectivity index (χ3v) is 2.36. The smallest absolute Gasteiger partial charge is 0.0991 e. The lowest BCUT2D eigenvalue weighted by Crippen LogP contribution is -1.84. The van der Waals surface area contributed by atoms with Gasteiger partial charge in [-0.05, 0) is 36.2 Å². The molecule has 1 heterocycles. The van der Waals surface area contributed by atoms with E-state index in [4.69, 9.17) is 5.26 Å². The van der Waals surface area contributed by atoms with Crippen LogP contribution in [0.15, 0.2) is 42.7 Å². The van der Waals surface area contributed by atoms with Crippen LogP contribution in [-0.4, -0.2) is 4.98 Å². The van der Waals surface area contributed by atoms with Crippen molar-refractivity contribution in [1.82, 2.24) is 4.98 Å². The van der Waals surface area contributed by atoms with Crippen molar-refractivity contribution in [3.63, 3.8) is 0 Å². The Labute approximate surface area is 88.8 Å². The SMILES string of the molecule is Cc1ccncc1-c1ccc(C#N)cc1. The van der Waals surface area contributed by atoms with Gasteiger partial charge in [0.1, 0.15) is 0 Å². The average molecular weight is 194 g/mol. The van der Waals surface area contributed by atoms with Gasteiger partial charge in [-0.3, -0.25) is 4.98 Å². The fourth-order valence-electron chi connectivity index (χ4n) is 1.49. The lowest BCUT2D eigenvalue weighted by atomic mass is 10.0. The summed E-state index contributed by atoms with van der Waals surface area (Å²) in [5.41, 5.74) is 4.08. The summed E-state index contributed by atoms with van der Waals surface area (Å²) >= 11 is 0. The molecule has 2 aromatic rings. The van der Waals surface area contributed by atoms with Gasteiger partial charge in [-0.25, -0.2) is 0 Å². The van der Waals surface area contributed by atoms with Crippen LogP contribution in [0.1, 0.15) is 11.1 Å². The summed E-state index contributed by atoms with van der Waals surface area (Å²) < 4.78 is 0. The molecule has 15 heavy (non-hydrogen) atoms. The summed E-state index contributed by atoms with van der Waals surface area (Å²) in [6.45, 7) is 2.05. The molecule has 0 spiro atoms.